The van der Waals surface area contributed by atoms with Crippen LogP contribution in [0.15, 0.2) is 79.0 Å². The minimum Gasteiger partial charge on any atom is -0.359 e. The van der Waals surface area contributed by atoms with E-state index in [-0.39, 0.29) is 17.8 Å². The van der Waals surface area contributed by atoms with E-state index in [4.69, 9.17) is 0 Å². The SMILES string of the molecule is Cc1sc(NC(=O)c2ccccc2)c([C@H](Nc2ccccn2)c2cccc(F)c2)c1C. The van der Waals surface area contributed by atoms with Gasteiger partial charge in [-0.1, -0.05) is 36.4 Å². The van der Waals surface area contributed by atoms with Crippen LogP contribution in [0.3, 0.4) is 0 Å². The van der Waals surface area contributed by atoms with E-state index >= 15 is 0 Å². The summed E-state index contributed by atoms with van der Waals surface area (Å²) in [6, 6.07) is 20.8. The molecule has 1 amide bonds. The van der Waals surface area contributed by atoms with Gasteiger partial charge in [-0.15, -0.1) is 11.3 Å². The van der Waals surface area contributed by atoms with E-state index in [2.05, 4.69) is 15.6 Å². The van der Waals surface area contributed by atoms with Gasteiger partial charge in [-0.2, -0.15) is 0 Å². The van der Waals surface area contributed by atoms with Gasteiger partial charge in [0.1, 0.15) is 16.6 Å². The molecule has 0 fully saturated rings. The molecule has 4 nitrogen and oxygen atoms in total. The Bertz CT molecular complexity index is 1190. The molecule has 0 radical (unpaired) electrons. The number of nitrogens with zero attached hydrogens (tertiary/aromatic N) is 1. The number of nitrogens with one attached hydrogen (secondary N) is 2. The van der Waals surface area contributed by atoms with Crippen LogP contribution in [-0.4, -0.2) is 10.9 Å². The van der Waals surface area contributed by atoms with Crippen molar-refractivity contribution >= 4 is 28.1 Å². The summed E-state index contributed by atoms with van der Waals surface area (Å²) in [6.45, 7) is 4.04. The summed E-state index contributed by atoms with van der Waals surface area (Å²) in [5.41, 5.74) is 3.29. The van der Waals surface area contributed by atoms with Crippen LogP contribution in [-0.2, 0) is 0 Å². The number of carbonyl (C=O) groups excluding carboxylic acids is 1. The molecule has 0 aliphatic heterocycles. The minimum atomic E-state index is -0.387. The Hall–Kier alpha value is -3.51. The lowest BCUT2D eigenvalue weighted by Crippen LogP contribution is -2.18. The van der Waals surface area contributed by atoms with Crippen molar-refractivity contribution < 1.29 is 9.18 Å². The number of pyridine rings is 1. The zero-order chi connectivity index (χ0) is 21.8. The Morgan fingerprint density at radius 2 is 1.77 bits per heavy atom. The lowest BCUT2D eigenvalue weighted by atomic mass is 9.96. The van der Waals surface area contributed by atoms with Crippen LogP contribution in [0.5, 0.6) is 0 Å². The van der Waals surface area contributed by atoms with Gasteiger partial charge in [0.2, 0.25) is 0 Å². The minimum absolute atomic E-state index is 0.182. The molecule has 2 aromatic heterocycles. The smallest absolute Gasteiger partial charge is 0.256 e. The fourth-order valence-corrected chi connectivity index (χ4v) is 4.55. The largest absolute Gasteiger partial charge is 0.359 e. The van der Waals surface area contributed by atoms with E-state index in [1.165, 1.54) is 23.5 Å². The number of anilines is 2. The second-order valence-electron chi connectivity index (χ2n) is 7.19. The maximum Gasteiger partial charge on any atom is 0.256 e. The van der Waals surface area contributed by atoms with Gasteiger partial charge in [0.25, 0.3) is 5.91 Å². The lowest BCUT2D eigenvalue weighted by Gasteiger charge is -2.22. The van der Waals surface area contributed by atoms with Crippen molar-refractivity contribution in [2.24, 2.45) is 0 Å². The number of thiophene rings is 1. The molecule has 0 saturated heterocycles. The van der Waals surface area contributed by atoms with Crippen LogP contribution in [0.1, 0.15) is 38.0 Å². The summed E-state index contributed by atoms with van der Waals surface area (Å²) in [5, 5.41) is 7.23. The first-order valence-electron chi connectivity index (χ1n) is 9.92. The number of aromatic nitrogens is 1. The number of aryl methyl sites for hydroxylation is 1. The molecule has 0 aliphatic carbocycles. The number of carbonyl (C=O) groups is 1. The number of benzene rings is 2. The van der Waals surface area contributed by atoms with Gasteiger partial charge in [-0.05, 0) is 61.4 Å². The summed E-state index contributed by atoms with van der Waals surface area (Å²) in [5.74, 6) is 0.170. The second kappa shape index (κ2) is 9.10. The summed E-state index contributed by atoms with van der Waals surface area (Å²) >= 11 is 1.52. The maximum atomic E-state index is 14.1. The van der Waals surface area contributed by atoms with Crippen LogP contribution in [0.2, 0.25) is 0 Å². The van der Waals surface area contributed by atoms with E-state index in [9.17, 15) is 9.18 Å². The molecule has 2 heterocycles. The maximum absolute atomic E-state index is 14.1. The summed E-state index contributed by atoms with van der Waals surface area (Å²) in [6.07, 6.45) is 1.70. The van der Waals surface area contributed by atoms with Crippen molar-refractivity contribution in [1.29, 1.82) is 0 Å². The van der Waals surface area contributed by atoms with Crippen molar-refractivity contribution in [2.45, 2.75) is 19.9 Å². The van der Waals surface area contributed by atoms with Crippen LogP contribution >= 0.6 is 11.3 Å². The predicted octanol–water partition coefficient (Wildman–Crippen LogP) is 6.35. The highest BCUT2D eigenvalue weighted by Crippen LogP contribution is 2.41. The third-order valence-corrected chi connectivity index (χ3v) is 6.26. The first kappa shape index (κ1) is 20.8. The second-order valence-corrected chi connectivity index (χ2v) is 8.42. The highest BCUT2D eigenvalue weighted by Gasteiger charge is 2.25. The van der Waals surface area contributed by atoms with Crippen molar-refractivity contribution in [1.82, 2.24) is 4.98 Å². The van der Waals surface area contributed by atoms with Gasteiger partial charge in [0.05, 0.1) is 6.04 Å². The third kappa shape index (κ3) is 4.64. The summed E-state index contributed by atoms with van der Waals surface area (Å²) < 4.78 is 14.1. The third-order valence-electron chi connectivity index (χ3n) is 5.12. The van der Waals surface area contributed by atoms with E-state index < -0.39 is 0 Å². The molecule has 4 aromatic rings. The molecule has 6 heteroatoms. The van der Waals surface area contributed by atoms with Crippen LogP contribution in [0, 0.1) is 19.7 Å². The van der Waals surface area contributed by atoms with E-state index in [0.717, 1.165) is 26.6 Å². The molecule has 0 aliphatic rings. The number of hydrogen-bond donors (Lipinski definition) is 2. The monoisotopic (exact) mass is 431 g/mol. The Morgan fingerprint density at radius 3 is 2.48 bits per heavy atom. The molecule has 0 bridgehead atoms. The zero-order valence-corrected chi connectivity index (χ0v) is 18.0. The number of amides is 1. The van der Waals surface area contributed by atoms with Crippen molar-refractivity contribution in [2.75, 3.05) is 10.6 Å². The number of hydrogen-bond acceptors (Lipinski definition) is 4. The van der Waals surface area contributed by atoms with Crippen molar-refractivity contribution in [3.05, 3.63) is 112 Å². The first-order valence-corrected chi connectivity index (χ1v) is 10.7. The molecular weight excluding hydrogens is 409 g/mol. The fraction of sp³-hybridized carbons (Fsp3) is 0.120. The van der Waals surface area contributed by atoms with Gasteiger partial charge in [-0.25, -0.2) is 9.37 Å². The number of halogens is 1. The standard InChI is InChI=1S/C25H22FN3OS/c1-16-17(2)31-25(29-24(30)18-9-4-3-5-10-18)22(16)23(19-11-8-12-20(26)15-19)28-21-13-6-7-14-27-21/h3-15,23H,1-2H3,(H,27,28)(H,29,30)/t23-/m1/s1. The number of rotatable bonds is 6. The van der Waals surface area contributed by atoms with Gasteiger partial charge < -0.3 is 10.6 Å². The van der Waals surface area contributed by atoms with Crippen LogP contribution in [0.4, 0.5) is 15.2 Å². The Balaban J connectivity index is 1.78. The van der Waals surface area contributed by atoms with Crippen LogP contribution in [0.25, 0.3) is 0 Å². The molecule has 0 spiro atoms. The van der Waals surface area contributed by atoms with E-state index in [0.29, 0.717) is 11.4 Å². The quantitative estimate of drug-likeness (QED) is 0.374. The van der Waals surface area contributed by atoms with Gasteiger partial charge in [0.15, 0.2) is 0 Å². The summed E-state index contributed by atoms with van der Waals surface area (Å²) in [4.78, 5) is 18.3. The molecule has 0 unspecified atom stereocenters. The summed E-state index contributed by atoms with van der Waals surface area (Å²) in [7, 11) is 0. The molecule has 4 rings (SSSR count). The average Bonchev–Trinajstić information content (AvgIpc) is 3.06. The Morgan fingerprint density at radius 1 is 1.00 bits per heavy atom. The van der Waals surface area contributed by atoms with E-state index in [1.54, 1.807) is 24.4 Å². The Kier molecular flexibility index (Phi) is 6.09. The molecule has 2 aromatic carbocycles. The average molecular weight is 432 g/mol. The highest BCUT2D eigenvalue weighted by atomic mass is 32.1. The van der Waals surface area contributed by atoms with Gasteiger partial charge in [0, 0.05) is 22.2 Å². The molecular formula is C25H22FN3OS. The van der Waals surface area contributed by atoms with Crippen molar-refractivity contribution in [3.63, 3.8) is 0 Å². The normalized spacial score (nSPS) is 11.7. The first-order chi connectivity index (χ1) is 15.0. The molecule has 1 atom stereocenters. The fourth-order valence-electron chi connectivity index (χ4n) is 3.45. The zero-order valence-electron chi connectivity index (χ0n) is 17.2. The van der Waals surface area contributed by atoms with Crippen molar-refractivity contribution in [3.8, 4) is 0 Å². The molecule has 2 N–H and O–H groups in total. The molecule has 31 heavy (non-hydrogen) atoms. The van der Waals surface area contributed by atoms with Gasteiger partial charge >= 0.3 is 0 Å². The lowest BCUT2D eigenvalue weighted by molar-refractivity contribution is 0.102. The molecule has 0 saturated carbocycles. The van der Waals surface area contributed by atoms with Gasteiger partial charge in [-0.3, -0.25) is 4.79 Å². The highest BCUT2D eigenvalue weighted by molar-refractivity contribution is 7.16. The topological polar surface area (TPSA) is 54.0 Å². The predicted molar refractivity (Wildman–Crippen MR) is 124 cm³/mol. The molecule has 156 valence electrons. The van der Waals surface area contributed by atoms with Crippen LogP contribution < -0.4 is 10.6 Å². The van der Waals surface area contributed by atoms with E-state index in [1.807, 2.05) is 56.3 Å². The Labute approximate surface area is 184 Å².